The molecule has 2 N–H and O–H groups in total. The molecule has 116 valence electrons. The molecule has 8 heteroatoms. The Kier molecular flexibility index (Phi) is 4.60. The van der Waals surface area contributed by atoms with E-state index in [9.17, 15) is 22.8 Å². The molecular weight excluding hydrogens is 289 g/mol. The van der Waals surface area contributed by atoms with E-state index < -0.39 is 35.1 Å². The Morgan fingerprint density at radius 1 is 1.24 bits per heavy atom. The number of hydrogen-bond acceptors (Lipinski definition) is 3. The second kappa shape index (κ2) is 5.71. The molecule has 0 aliphatic heterocycles. The third kappa shape index (κ3) is 4.44. The van der Waals surface area contributed by atoms with Crippen LogP contribution in [0.4, 0.5) is 13.2 Å². The molecule has 0 spiro atoms. The first-order valence-electron chi connectivity index (χ1n) is 6.00. The van der Waals surface area contributed by atoms with E-state index in [-0.39, 0.29) is 5.69 Å². The Bertz CT molecular complexity index is 533. The van der Waals surface area contributed by atoms with Crippen LogP contribution in [0.5, 0.6) is 0 Å². The van der Waals surface area contributed by atoms with Gasteiger partial charge in [0, 0.05) is 6.20 Å². The first-order chi connectivity index (χ1) is 9.43. The fourth-order valence-electron chi connectivity index (χ4n) is 1.55. The van der Waals surface area contributed by atoms with Crippen LogP contribution < -0.4 is 5.32 Å². The summed E-state index contributed by atoms with van der Waals surface area (Å²) < 4.78 is 37.1. The molecule has 0 saturated heterocycles. The van der Waals surface area contributed by atoms with E-state index >= 15 is 0 Å². The van der Waals surface area contributed by atoms with Crippen molar-refractivity contribution in [1.82, 2.24) is 10.3 Å². The highest BCUT2D eigenvalue weighted by Crippen LogP contribution is 2.28. The minimum Gasteiger partial charge on any atom is -0.480 e. The molecule has 1 heterocycles. The van der Waals surface area contributed by atoms with Crippen molar-refractivity contribution in [2.75, 3.05) is 0 Å². The monoisotopic (exact) mass is 304 g/mol. The molecular formula is C13H15F3N2O3. The van der Waals surface area contributed by atoms with Gasteiger partial charge in [-0.25, -0.2) is 4.79 Å². The van der Waals surface area contributed by atoms with Gasteiger partial charge in [0.05, 0.1) is 5.56 Å². The van der Waals surface area contributed by atoms with Gasteiger partial charge in [0.15, 0.2) is 0 Å². The number of carbonyl (C=O) groups excluding carboxylic acids is 1. The summed E-state index contributed by atoms with van der Waals surface area (Å²) >= 11 is 0. The van der Waals surface area contributed by atoms with Crippen molar-refractivity contribution in [2.24, 2.45) is 5.41 Å². The third-order valence-electron chi connectivity index (χ3n) is 2.71. The van der Waals surface area contributed by atoms with E-state index in [4.69, 9.17) is 5.11 Å². The number of carboxylic acid groups (broad SMARTS) is 1. The third-order valence-corrected chi connectivity index (χ3v) is 2.71. The summed E-state index contributed by atoms with van der Waals surface area (Å²) in [6, 6.07) is 0.434. The molecule has 1 rings (SSSR count). The highest BCUT2D eigenvalue weighted by atomic mass is 19.4. The van der Waals surface area contributed by atoms with E-state index in [1.54, 1.807) is 20.8 Å². The normalized spacial score (nSPS) is 13.6. The number of pyridine rings is 1. The molecule has 5 nitrogen and oxygen atoms in total. The van der Waals surface area contributed by atoms with E-state index in [2.05, 4.69) is 10.3 Å². The minimum absolute atomic E-state index is 0.279. The Morgan fingerprint density at radius 3 is 2.14 bits per heavy atom. The summed E-state index contributed by atoms with van der Waals surface area (Å²) in [7, 11) is 0. The maximum Gasteiger partial charge on any atom is 0.417 e. The molecule has 0 fully saturated rings. The van der Waals surface area contributed by atoms with Gasteiger partial charge in [-0.05, 0) is 17.5 Å². The van der Waals surface area contributed by atoms with Crippen LogP contribution >= 0.6 is 0 Å². The molecule has 0 radical (unpaired) electrons. The van der Waals surface area contributed by atoms with Gasteiger partial charge in [0.1, 0.15) is 11.7 Å². The molecule has 0 saturated carbocycles. The lowest BCUT2D eigenvalue weighted by atomic mass is 9.86. The molecule has 21 heavy (non-hydrogen) atoms. The molecule has 1 amide bonds. The first-order valence-corrected chi connectivity index (χ1v) is 6.00. The predicted octanol–water partition coefficient (Wildman–Crippen LogP) is 2.33. The molecule has 1 atom stereocenters. The zero-order valence-corrected chi connectivity index (χ0v) is 11.7. The van der Waals surface area contributed by atoms with E-state index in [1.165, 1.54) is 0 Å². The maximum absolute atomic E-state index is 12.4. The van der Waals surface area contributed by atoms with Crippen molar-refractivity contribution in [2.45, 2.75) is 33.0 Å². The summed E-state index contributed by atoms with van der Waals surface area (Å²) in [5, 5.41) is 11.3. The topological polar surface area (TPSA) is 79.3 Å². The lowest BCUT2D eigenvalue weighted by molar-refractivity contribution is -0.142. The average Bonchev–Trinajstić information content (AvgIpc) is 2.33. The number of nitrogens with zero attached hydrogens (tertiary/aromatic N) is 1. The molecule has 0 bridgehead atoms. The van der Waals surface area contributed by atoms with Crippen molar-refractivity contribution >= 4 is 11.9 Å². The van der Waals surface area contributed by atoms with Crippen molar-refractivity contribution < 1.29 is 27.9 Å². The van der Waals surface area contributed by atoms with Crippen LogP contribution in [-0.2, 0) is 11.0 Å². The molecule has 0 aliphatic carbocycles. The van der Waals surface area contributed by atoms with Crippen LogP contribution in [0.25, 0.3) is 0 Å². The molecule has 1 aromatic rings. The van der Waals surface area contributed by atoms with Crippen molar-refractivity contribution in [1.29, 1.82) is 0 Å². The summed E-state index contributed by atoms with van der Waals surface area (Å²) in [5.74, 6) is -2.08. The van der Waals surface area contributed by atoms with Gasteiger partial charge in [-0.15, -0.1) is 0 Å². The maximum atomic E-state index is 12.4. The molecule has 1 aromatic heterocycles. The number of halogens is 3. The highest BCUT2D eigenvalue weighted by molar-refractivity contribution is 5.95. The quantitative estimate of drug-likeness (QED) is 0.898. The van der Waals surface area contributed by atoms with Gasteiger partial charge in [-0.3, -0.25) is 9.78 Å². The number of rotatable bonds is 3. The van der Waals surface area contributed by atoms with Crippen LogP contribution in [0.2, 0.25) is 0 Å². The second-order valence-corrected chi connectivity index (χ2v) is 5.54. The molecule has 1 unspecified atom stereocenters. The zero-order valence-electron chi connectivity index (χ0n) is 11.7. The second-order valence-electron chi connectivity index (χ2n) is 5.54. The first kappa shape index (κ1) is 16.9. The smallest absolute Gasteiger partial charge is 0.417 e. The standard InChI is InChI=1S/C13H15F3N2O3/c1-12(2,3)9(11(20)21)18-10(19)8-5-4-7(6-17-8)13(14,15)16/h4-6,9H,1-3H3,(H,18,19)(H,20,21). The summed E-state index contributed by atoms with van der Waals surface area (Å²) in [6.45, 7) is 4.85. The van der Waals surface area contributed by atoms with Crippen molar-refractivity contribution in [3.63, 3.8) is 0 Å². The predicted molar refractivity (Wildman–Crippen MR) is 67.6 cm³/mol. The lowest BCUT2D eigenvalue weighted by Crippen LogP contribution is -2.49. The van der Waals surface area contributed by atoms with Gasteiger partial charge >= 0.3 is 12.1 Å². The number of aromatic nitrogens is 1. The largest absolute Gasteiger partial charge is 0.480 e. The minimum atomic E-state index is -4.54. The van der Waals surface area contributed by atoms with Gasteiger partial charge in [-0.1, -0.05) is 20.8 Å². The number of alkyl halides is 3. The summed E-state index contributed by atoms with van der Waals surface area (Å²) in [6.07, 6.45) is -4.02. The van der Waals surface area contributed by atoms with Crippen LogP contribution in [0.3, 0.4) is 0 Å². The Morgan fingerprint density at radius 2 is 1.81 bits per heavy atom. The number of amides is 1. The Hall–Kier alpha value is -2.12. The van der Waals surface area contributed by atoms with Gasteiger partial charge in [-0.2, -0.15) is 13.2 Å². The van der Waals surface area contributed by atoms with E-state index in [1.807, 2.05) is 0 Å². The van der Waals surface area contributed by atoms with Gasteiger partial charge in [0.25, 0.3) is 5.91 Å². The fraction of sp³-hybridized carbons (Fsp3) is 0.462. The lowest BCUT2D eigenvalue weighted by Gasteiger charge is -2.27. The van der Waals surface area contributed by atoms with Crippen LogP contribution in [0.1, 0.15) is 36.8 Å². The van der Waals surface area contributed by atoms with Crippen molar-refractivity contribution in [3.05, 3.63) is 29.6 Å². The van der Waals surface area contributed by atoms with E-state index in [0.717, 1.165) is 12.1 Å². The zero-order chi connectivity index (χ0) is 16.4. The number of nitrogens with one attached hydrogen (secondary N) is 1. The number of hydrogen-bond donors (Lipinski definition) is 2. The highest BCUT2D eigenvalue weighted by Gasteiger charge is 2.34. The molecule has 0 aromatic carbocycles. The Balaban J connectivity index is 2.92. The number of carboxylic acids is 1. The van der Waals surface area contributed by atoms with Crippen LogP contribution in [0, 0.1) is 5.41 Å². The SMILES string of the molecule is CC(C)(C)C(NC(=O)c1ccc(C(F)(F)F)cn1)C(=O)O. The van der Waals surface area contributed by atoms with Gasteiger partial charge < -0.3 is 10.4 Å². The average molecular weight is 304 g/mol. The summed E-state index contributed by atoms with van der Waals surface area (Å²) in [4.78, 5) is 26.4. The van der Waals surface area contributed by atoms with E-state index in [0.29, 0.717) is 6.20 Å². The Labute approximate surface area is 119 Å². The van der Waals surface area contributed by atoms with Crippen LogP contribution in [0.15, 0.2) is 18.3 Å². The number of aliphatic carboxylic acids is 1. The summed E-state index contributed by atoms with van der Waals surface area (Å²) in [5.41, 5.74) is -2.02. The fourth-order valence-corrected chi connectivity index (χ4v) is 1.55. The van der Waals surface area contributed by atoms with Gasteiger partial charge in [0.2, 0.25) is 0 Å². The van der Waals surface area contributed by atoms with Crippen LogP contribution in [-0.4, -0.2) is 28.0 Å². The van der Waals surface area contributed by atoms with Crippen molar-refractivity contribution in [3.8, 4) is 0 Å². The molecule has 0 aliphatic rings. The number of carbonyl (C=O) groups is 2.